The Hall–Kier alpha value is -1.11. The zero-order chi connectivity index (χ0) is 11.6. The predicted octanol–water partition coefficient (Wildman–Crippen LogP) is 3.72. The van der Waals surface area contributed by atoms with Crippen LogP contribution in [0.25, 0.3) is 0 Å². The number of carbonyl (C=O) groups excluding carboxylic acids is 1. The molecule has 2 rings (SSSR count). The minimum atomic E-state index is 0.231. The third-order valence-electron chi connectivity index (χ3n) is 4.15. The van der Waals surface area contributed by atoms with Gasteiger partial charge in [0, 0.05) is 12.8 Å². The number of hydrogen-bond donors (Lipinski definition) is 0. The second-order valence-electron chi connectivity index (χ2n) is 5.22. The lowest BCUT2D eigenvalue weighted by molar-refractivity contribution is -0.121. The Morgan fingerprint density at radius 1 is 1.06 bits per heavy atom. The molecular formula is C15H20O. The molecule has 1 aliphatic carbocycles. The SMILES string of the molecule is CC(C)C1(c2ccccc2)CCC(=O)CC1. The van der Waals surface area contributed by atoms with Crippen LogP contribution in [0.2, 0.25) is 0 Å². The molecule has 0 amide bonds. The predicted molar refractivity (Wildman–Crippen MR) is 66.4 cm³/mol. The van der Waals surface area contributed by atoms with E-state index in [1.807, 2.05) is 0 Å². The van der Waals surface area contributed by atoms with Gasteiger partial charge in [0.1, 0.15) is 5.78 Å². The first kappa shape index (κ1) is 11.4. The normalized spacial score (nSPS) is 20.1. The second-order valence-corrected chi connectivity index (χ2v) is 5.22. The summed E-state index contributed by atoms with van der Waals surface area (Å²) in [6.07, 6.45) is 3.56. The molecule has 0 spiro atoms. The zero-order valence-electron chi connectivity index (χ0n) is 10.2. The Morgan fingerprint density at radius 2 is 1.62 bits per heavy atom. The lowest BCUT2D eigenvalue weighted by atomic mass is 9.63. The molecule has 0 aromatic heterocycles. The Balaban J connectivity index is 2.33. The van der Waals surface area contributed by atoms with Crippen molar-refractivity contribution in [3.05, 3.63) is 35.9 Å². The van der Waals surface area contributed by atoms with Crippen LogP contribution in [0.5, 0.6) is 0 Å². The molecule has 0 unspecified atom stereocenters. The highest BCUT2D eigenvalue weighted by Crippen LogP contribution is 2.43. The molecule has 16 heavy (non-hydrogen) atoms. The second kappa shape index (κ2) is 4.40. The van der Waals surface area contributed by atoms with Gasteiger partial charge in [-0.2, -0.15) is 0 Å². The molecule has 1 aromatic rings. The number of carbonyl (C=O) groups is 1. The Bertz CT molecular complexity index is 354. The molecule has 1 nitrogen and oxygen atoms in total. The minimum absolute atomic E-state index is 0.231. The molecule has 1 fully saturated rings. The van der Waals surface area contributed by atoms with E-state index in [1.54, 1.807) is 0 Å². The van der Waals surface area contributed by atoms with Crippen molar-refractivity contribution in [3.8, 4) is 0 Å². The quantitative estimate of drug-likeness (QED) is 0.736. The average molecular weight is 216 g/mol. The summed E-state index contributed by atoms with van der Waals surface area (Å²) in [5, 5.41) is 0. The minimum Gasteiger partial charge on any atom is -0.300 e. The summed E-state index contributed by atoms with van der Waals surface area (Å²) in [4.78, 5) is 11.4. The van der Waals surface area contributed by atoms with E-state index in [9.17, 15) is 4.79 Å². The molecule has 86 valence electrons. The van der Waals surface area contributed by atoms with Crippen LogP contribution in [-0.2, 0) is 10.2 Å². The van der Waals surface area contributed by atoms with Gasteiger partial charge in [0.15, 0.2) is 0 Å². The number of Topliss-reactive ketones (excluding diaryl/α,β-unsaturated/α-hetero) is 1. The topological polar surface area (TPSA) is 17.1 Å². The molecule has 1 aliphatic rings. The molecule has 0 saturated heterocycles. The van der Waals surface area contributed by atoms with Crippen molar-refractivity contribution >= 4 is 5.78 Å². The first-order valence-corrected chi connectivity index (χ1v) is 6.22. The van der Waals surface area contributed by atoms with Crippen LogP contribution in [0.1, 0.15) is 45.1 Å². The van der Waals surface area contributed by atoms with Crippen molar-refractivity contribution in [1.29, 1.82) is 0 Å². The highest BCUT2D eigenvalue weighted by atomic mass is 16.1. The molecule has 0 aliphatic heterocycles. The van der Waals surface area contributed by atoms with E-state index in [0.717, 1.165) is 25.7 Å². The van der Waals surface area contributed by atoms with Gasteiger partial charge in [-0.3, -0.25) is 4.79 Å². The largest absolute Gasteiger partial charge is 0.300 e. The third-order valence-corrected chi connectivity index (χ3v) is 4.15. The summed E-state index contributed by atoms with van der Waals surface area (Å²) in [6.45, 7) is 4.56. The summed E-state index contributed by atoms with van der Waals surface area (Å²) in [5.74, 6) is 1.04. The fourth-order valence-corrected chi connectivity index (χ4v) is 2.94. The van der Waals surface area contributed by atoms with Gasteiger partial charge >= 0.3 is 0 Å². The van der Waals surface area contributed by atoms with Crippen LogP contribution in [0, 0.1) is 5.92 Å². The zero-order valence-corrected chi connectivity index (χ0v) is 10.2. The summed E-state index contributed by atoms with van der Waals surface area (Å²) in [7, 11) is 0. The number of hydrogen-bond acceptors (Lipinski definition) is 1. The van der Waals surface area contributed by atoms with Crippen molar-refractivity contribution in [3.63, 3.8) is 0 Å². The van der Waals surface area contributed by atoms with Gasteiger partial charge in [-0.25, -0.2) is 0 Å². The van der Waals surface area contributed by atoms with Crippen LogP contribution in [0.15, 0.2) is 30.3 Å². The molecule has 1 heteroatoms. The van der Waals surface area contributed by atoms with E-state index in [2.05, 4.69) is 44.2 Å². The van der Waals surface area contributed by atoms with Gasteiger partial charge in [-0.1, -0.05) is 44.2 Å². The molecule has 0 N–H and O–H groups in total. The molecule has 0 heterocycles. The van der Waals surface area contributed by atoms with E-state index in [4.69, 9.17) is 0 Å². The molecular weight excluding hydrogens is 196 g/mol. The number of rotatable bonds is 2. The summed E-state index contributed by atoms with van der Waals surface area (Å²) >= 11 is 0. The lowest BCUT2D eigenvalue weighted by Gasteiger charge is -2.41. The van der Waals surface area contributed by atoms with Crippen LogP contribution in [0.4, 0.5) is 0 Å². The third kappa shape index (κ3) is 1.91. The fraction of sp³-hybridized carbons (Fsp3) is 0.533. The van der Waals surface area contributed by atoms with Crippen LogP contribution in [-0.4, -0.2) is 5.78 Å². The van der Waals surface area contributed by atoms with Crippen molar-refractivity contribution in [2.75, 3.05) is 0 Å². The first-order chi connectivity index (χ1) is 7.65. The van der Waals surface area contributed by atoms with Crippen LogP contribution >= 0.6 is 0 Å². The van der Waals surface area contributed by atoms with Gasteiger partial charge < -0.3 is 0 Å². The van der Waals surface area contributed by atoms with E-state index in [-0.39, 0.29) is 5.41 Å². The van der Waals surface area contributed by atoms with Crippen molar-refractivity contribution < 1.29 is 4.79 Å². The Kier molecular flexibility index (Phi) is 3.13. The van der Waals surface area contributed by atoms with Crippen molar-refractivity contribution in [2.24, 2.45) is 5.92 Å². The summed E-state index contributed by atoms with van der Waals surface area (Å²) < 4.78 is 0. The van der Waals surface area contributed by atoms with Gasteiger partial charge in [0.05, 0.1) is 0 Å². The maximum Gasteiger partial charge on any atom is 0.132 e. The maximum atomic E-state index is 11.4. The van der Waals surface area contributed by atoms with Gasteiger partial charge in [0.2, 0.25) is 0 Å². The van der Waals surface area contributed by atoms with E-state index < -0.39 is 0 Å². The Morgan fingerprint density at radius 3 is 2.12 bits per heavy atom. The first-order valence-electron chi connectivity index (χ1n) is 6.22. The molecule has 1 aromatic carbocycles. The Labute approximate surface area is 97.9 Å². The van der Waals surface area contributed by atoms with Gasteiger partial charge in [0.25, 0.3) is 0 Å². The number of ketones is 1. The smallest absolute Gasteiger partial charge is 0.132 e. The molecule has 0 bridgehead atoms. The maximum absolute atomic E-state index is 11.4. The number of benzene rings is 1. The monoisotopic (exact) mass is 216 g/mol. The summed E-state index contributed by atoms with van der Waals surface area (Å²) in [5.41, 5.74) is 1.65. The van der Waals surface area contributed by atoms with Crippen LogP contribution < -0.4 is 0 Å². The fourth-order valence-electron chi connectivity index (χ4n) is 2.94. The van der Waals surface area contributed by atoms with Gasteiger partial charge in [-0.15, -0.1) is 0 Å². The van der Waals surface area contributed by atoms with E-state index in [1.165, 1.54) is 5.56 Å². The van der Waals surface area contributed by atoms with E-state index in [0.29, 0.717) is 11.7 Å². The average Bonchev–Trinajstić information content (AvgIpc) is 2.31. The molecule has 0 atom stereocenters. The van der Waals surface area contributed by atoms with Crippen molar-refractivity contribution in [1.82, 2.24) is 0 Å². The molecule has 0 radical (unpaired) electrons. The highest BCUT2D eigenvalue weighted by Gasteiger charge is 2.38. The highest BCUT2D eigenvalue weighted by molar-refractivity contribution is 5.79. The standard InChI is InChI=1S/C15H20O/c1-12(2)15(10-8-14(16)9-11-15)13-6-4-3-5-7-13/h3-7,12H,8-11H2,1-2H3. The van der Waals surface area contributed by atoms with Crippen LogP contribution in [0.3, 0.4) is 0 Å². The van der Waals surface area contributed by atoms with Gasteiger partial charge in [-0.05, 0) is 29.7 Å². The lowest BCUT2D eigenvalue weighted by Crippen LogP contribution is -2.36. The van der Waals surface area contributed by atoms with Crippen molar-refractivity contribution in [2.45, 2.75) is 44.9 Å². The summed E-state index contributed by atoms with van der Waals surface area (Å²) in [6, 6.07) is 10.7. The molecule has 1 saturated carbocycles. The van der Waals surface area contributed by atoms with E-state index >= 15 is 0 Å².